The van der Waals surface area contributed by atoms with Crippen molar-refractivity contribution in [2.45, 2.75) is 6.92 Å². The molecular weight excluding hydrogens is 561 g/mol. The molecule has 0 fully saturated rings. The van der Waals surface area contributed by atoms with Gasteiger partial charge in [0, 0.05) is 29.0 Å². The Morgan fingerprint density at radius 2 is 1.00 bits per heavy atom. The summed E-state index contributed by atoms with van der Waals surface area (Å²) in [4.78, 5) is 4.26. The first-order valence-electron chi connectivity index (χ1n) is 15.6. The number of hydrogen-bond donors (Lipinski definition) is 0. The number of ether oxygens (including phenoxy) is 2. The molecule has 7 aromatic rings. The Kier molecular flexibility index (Phi) is 6.14. The van der Waals surface area contributed by atoms with Gasteiger partial charge in [0.05, 0.1) is 0 Å². The van der Waals surface area contributed by atoms with Crippen LogP contribution in [-0.2, 0) is 0 Å². The predicted octanol–water partition coefficient (Wildman–Crippen LogP) is 8.79. The van der Waals surface area contributed by atoms with Crippen LogP contribution in [0.4, 0.5) is 0 Å². The number of hydrogen-bond acceptors (Lipinski definition) is 3. The van der Waals surface area contributed by atoms with Crippen LogP contribution in [0.3, 0.4) is 0 Å². The molecule has 0 radical (unpaired) electrons. The second-order valence-corrected chi connectivity index (χ2v) is 12.0. The fourth-order valence-corrected chi connectivity index (χ4v) is 7.04. The van der Waals surface area contributed by atoms with Gasteiger partial charge in [0.1, 0.15) is 23.0 Å². The fourth-order valence-electron chi connectivity index (χ4n) is 7.04. The Hall–Kier alpha value is -5.87. The lowest BCUT2D eigenvalue weighted by Crippen LogP contribution is -2.57. The van der Waals surface area contributed by atoms with E-state index in [9.17, 15) is 0 Å². The molecule has 2 aliphatic rings. The van der Waals surface area contributed by atoms with Crippen molar-refractivity contribution in [1.82, 2.24) is 4.98 Å². The van der Waals surface area contributed by atoms with Gasteiger partial charge in [0.2, 0.25) is 0 Å². The summed E-state index contributed by atoms with van der Waals surface area (Å²) >= 11 is 0. The molecule has 9 rings (SSSR count). The summed E-state index contributed by atoms with van der Waals surface area (Å²) in [6.07, 6.45) is 3.75. The van der Waals surface area contributed by atoms with E-state index in [1.807, 2.05) is 12.4 Å². The summed E-state index contributed by atoms with van der Waals surface area (Å²) in [6, 6.07) is 49.2. The SMILES string of the molecule is Cc1cnccc1-c1ccc(-c2cc3c4c(c2)Oc2c(cccc2-c2ccccc2)B4c2cccc(-c4ccccc4)c2O3)cc1. The van der Waals surface area contributed by atoms with Crippen LogP contribution in [0, 0.1) is 6.92 Å². The normalized spacial score (nSPS) is 12.3. The van der Waals surface area contributed by atoms with Crippen LogP contribution in [0.25, 0.3) is 44.5 Å². The Balaban J connectivity index is 1.25. The monoisotopic (exact) mass is 589 g/mol. The lowest BCUT2D eigenvalue weighted by atomic mass is 9.34. The molecule has 0 saturated carbocycles. The molecule has 46 heavy (non-hydrogen) atoms. The number of para-hydroxylation sites is 2. The van der Waals surface area contributed by atoms with Gasteiger partial charge in [-0.05, 0) is 75.0 Å². The molecule has 0 bridgehead atoms. The number of aromatic nitrogens is 1. The average Bonchev–Trinajstić information content (AvgIpc) is 3.12. The van der Waals surface area contributed by atoms with Crippen LogP contribution in [0.2, 0.25) is 0 Å². The van der Waals surface area contributed by atoms with Crippen molar-refractivity contribution >= 4 is 23.1 Å². The first kappa shape index (κ1) is 26.5. The third kappa shape index (κ3) is 4.26. The van der Waals surface area contributed by atoms with E-state index in [-0.39, 0.29) is 6.71 Å². The Bertz CT molecular complexity index is 2150. The lowest BCUT2D eigenvalue weighted by molar-refractivity contribution is 0.466. The van der Waals surface area contributed by atoms with Gasteiger partial charge >= 0.3 is 0 Å². The molecule has 0 spiro atoms. The van der Waals surface area contributed by atoms with Crippen molar-refractivity contribution in [3.8, 4) is 67.5 Å². The molecule has 0 unspecified atom stereocenters. The summed E-state index contributed by atoms with van der Waals surface area (Å²) in [6.45, 7) is 2.06. The van der Waals surface area contributed by atoms with Crippen molar-refractivity contribution in [2.75, 3.05) is 0 Å². The standard InChI is InChI=1S/C42H28BNO2/c1-27-26-44-23-22-33(27)31-20-18-28(19-21-31)32-24-38-40-39(25-32)46-42-35(30-12-6-3-7-13-30)15-9-17-37(42)43(40)36-16-8-14-34(41(36)45-38)29-10-4-2-5-11-29/h2-26H,1H3. The molecule has 1 aromatic heterocycles. The molecule has 3 nitrogen and oxygen atoms in total. The third-order valence-corrected chi connectivity index (χ3v) is 9.25. The number of nitrogens with zero attached hydrogens (tertiary/aromatic N) is 1. The topological polar surface area (TPSA) is 31.4 Å². The maximum absolute atomic E-state index is 6.92. The molecule has 3 heterocycles. The number of rotatable bonds is 4. The molecule has 4 heteroatoms. The zero-order valence-corrected chi connectivity index (χ0v) is 25.3. The summed E-state index contributed by atoms with van der Waals surface area (Å²) < 4.78 is 13.8. The third-order valence-electron chi connectivity index (χ3n) is 9.25. The van der Waals surface area contributed by atoms with Crippen LogP contribution in [0.15, 0.2) is 152 Å². The van der Waals surface area contributed by atoms with E-state index in [0.29, 0.717) is 0 Å². The van der Waals surface area contributed by atoms with E-state index in [1.54, 1.807) is 0 Å². The van der Waals surface area contributed by atoms with E-state index >= 15 is 0 Å². The summed E-state index contributed by atoms with van der Waals surface area (Å²) in [5.41, 5.74) is 13.5. The first-order valence-corrected chi connectivity index (χ1v) is 15.6. The number of fused-ring (bicyclic) bond motifs is 4. The van der Waals surface area contributed by atoms with Crippen molar-refractivity contribution in [1.29, 1.82) is 0 Å². The quantitative estimate of drug-likeness (QED) is 0.192. The van der Waals surface area contributed by atoms with Gasteiger partial charge < -0.3 is 9.47 Å². The van der Waals surface area contributed by atoms with Gasteiger partial charge in [-0.3, -0.25) is 4.98 Å². The van der Waals surface area contributed by atoms with Crippen LogP contribution in [0.1, 0.15) is 5.56 Å². The minimum absolute atomic E-state index is 0.0316. The van der Waals surface area contributed by atoms with Gasteiger partial charge in [-0.1, -0.05) is 121 Å². The molecule has 2 aliphatic heterocycles. The highest BCUT2D eigenvalue weighted by atomic mass is 16.5. The molecule has 6 aromatic carbocycles. The van der Waals surface area contributed by atoms with E-state index < -0.39 is 0 Å². The molecular formula is C42H28BNO2. The first-order chi connectivity index (χ1) is 22.7. The zero-order chi connectivity index (χ0) is 30.6. The minimum atomic E-state index is -0.0316. The van der Waals surface area contributed by atoms with Gasteiger partial charge in [-0.25, -0.2) is 0 Å². The van der Waals surface area contributed by atoms with E-state index in [2.05, 4.69) is 151 Å². The van der Waals surface area contributed by atoms with Gasteiger partial charge in [-0.2, -0.15) is 0 Å². The van der Waals surface area contributed by atoms with Crippen molar-refractivity contribution in [2.24, 2.45) is 0 Å². The fraction of sp³-hybridized carbons (Fsp3) is 0.0238. The Morgan fingerprint density at radius 1 is 0.478 bits per heavy atom. The molecule has 216 valence electrons. The second kappa shape index (κ2) is 10.6. The summed E-state index contributed by atoms with van der Waals surface area (Å²) in [5, 5.41) is 0. The molecule has 0 N–H and O–H groups in total. The van der Waals surface area contributed by atoms with Crippen molar-refractivity contribution < 1.29 is 9.47 Å². The summed E-state index contributed by atoms with van der Waals surface area (Å²) in [7, 11) is 0. The molecule has 0 atom stereocenters. The van der Waals surface area contributed by atoms with Gasteiger partial charge in [-0.15, -0.1) is 0 Å². The molecule has 0 aliphatic carbocycles. The van der Waals surface area contributed by atoms with Gasteiger partial charge in [0.25, 0.3) is 6.71 Å². The van der Waals surface area contributed by atoms with E-state index in [4.69, 9.17) is 9.47 Å². The molecule has 0 amide bonds. The van der Waals surface area contributed by atoms with Crippen LogP contribution in [-0.4, -0.2) is 11.7 Å². The number of benzene rings is 6. The smallest absolute Gasteiger partial charge is 0.260 e. The second-order valence-electron chi connectivity index (χ2n) is 12.0. The number of pyridine rings is 1. The Morgan fingerprint density at radius 3 is 1.54 bits per heavy atom. The minimum Gasteiger partial charge on any atom is -0.458 e. The highest BCUT2D eigenvalue weighted by Gasteiger charge is 2.42. The van der Waals surface area contributed by atoms with E-state index in [1.165, 1.54) is 11.1 Å². The van der Waals surface area contributed by atoms with Crippen LogP contribution >= 0.6 is 0 Å². The van der Waals surface area contributed by atoms with Crippen LogP contribution < -0.4 is 25.9 Å². The molecule has 0 saturated heterocycles. The Labute approximate surface area is 268 Å². The van der Waals surface area contributed by atoms with Crippen molar-refractivity contribution in [3.05, 3.63) is 157 Å². The zero-order valence-electron chi connectivity index (χ0n) is 25.3. The maximum atomic E-state index is 6.92. The highest BCUT2D eigenvalue weighted by Crippen LogP contribution is 2.43. The predicted molar refractivity (Wildman–Crippen MR) is 188 cm³/mol. The average molecular weight is 590 g/mol. The van der Waals surface area contributed by atoms with E-state index in [0.717, 1.165) is 78.3 Å². The van der Waals surface area contributed by atoms with Crippen molar-refractivity contribution in [3.63, 3.8) is 0 Å². The largest absolute Gasteiger partial charge is 0.458 e. The summed E-state index contributed by atoms with van der Waals surface area (Å²) in [5.74, 6) is 3.46. The van der Waals surface area contributed by atoms with Gasteiger partial charge in [0.15, 0.2) is 0 Å². The lowest BCUT2D eigenvalue weighted by Gasteiger charge is -2.35. The maximum Gasteiger partial charge on any atom is 0.260 e. The number of aryl methyl sites for hydroxylation is 1. The van der Waals surface area contributed by atoms with Crippen LogP contribution in [0.5, 0.6) is 23.0 Å². The highest BCUT2D eigenvalue weighted by molar-refractivity contribution is 6.98.